The number of thiazole rings is 1. The van der Waals surface area contributed by atoms with Gasteiger partial charge in [-0.15, -0.1) is 11.3 Å². The lowest BCUT2D eigenvalue weighted by molar-refractivity contribution is -0.00165. The van der Waals surface area contributed by atoms with Gasteiger partial charge in [0, 0.05) is 18.1 Å². The van der Waals surface area contributed by atoms with Gasteiger partial charge in [-0.2, -0.15) is 15.0 Å². The fourth-order valence-electron chi connectivity index (χ4n) is 4.09. The van der Waals surface area contributed by atoms with E-state index in [0.29, 0.717) is 37.4 Å². The molecule has 2 aromatic heterocycles. The number of methoxy groups -OCH3 is 1. The number of benzene rings is 2. The smallest absolute Gasteiger partial charge is 0.256 e. The second-order valence-electron chi connectivity index (χ2n) is 7.64. The molecule has 1 unspecified atom stereocenters. The van der Waals surface area contributed by atoms with E-state index in [1.807, 2.05) is 46.7 Å². The van der Waals surface area contributed by atoms with E-state index in [4.69, 9.17) is 9.47 Å². The topological polar surface area (TPSA) is 82.4 Å². The minimum atomic E-state index is -0.0950. The Morgan fingerprint density at radius 3 is 2.82 bits per heavy atom. The Bertz CT molecular complexity index is 1230. The van der Waals surface area contributed by atoms with E-state index in [0.717, 1.165) is 21.9 Å². The Labute approximate surface area is 195 Å². The first-order valence-electron chi connectivity index (χ1n) is 10.7. The van der Waals surface area contributed by atoms with Crippen LogP contribution in [-0.4, -0.2) is 63.7 Å². The number of aromatic nitrogens is 4. The van der Waals surface area contributed by atoms with Crippen LogP contribution >= 0.6 is 11.3 Å². The number of para-hydroxylation sites is 1. The lowest BCUT2D eigenvalue weighted by Crippen LogP contribution is -2.50. The average Bonchev–Trinajstić information content (AvgIpc) is 3.59. The molecule has 1 atom stereocenters. The number of morpholine rings is 1. The first-order valence-corrected chi connectivity index (χ1v) is 11.5. The molecule has 0 saturated carbocycles. The van der Waals surface area contributed by atoms with Gasteiger partial charge in [0.1, 0.15) is 10.8 Å². The van der Waals surface area contributed by atoms with E-state index in [9.17, 15) is 4.79 Å². The van der Waals surface area contributed by atoms with Crippen molar-refractivity contribution < 1.29 is 14.3 Å². The maximum absolute atomic E-state index is 13.6. The maximum atomic E-state index is 13.6. The van der Waals surface area contributed by atoms with Crippen molar-refractivity contribution in [2.24, 2.45) is 0 Å². The Morgan fingerprint density at radius 2 is 2.03 bits per heavy atom. The fraction of sp³-hybridized carbons (Fsp3) is 0.250. The number of nitrogens with zero attached hydrogens (tertiary/aromatic N) is 5. The Morgan fingerprint density at radius 1 is 1.18 bits per heavy atom. The predicted octanol–water partition coefficient (Wildman–Crippen LogP) is 3.48. The summed E-state index contributed by atoms with van der Waals surface area (Å²) in [6.45, 7) is 1.52. The number of hydrogen-bond donors (Lipinski definition) is 0. The van der Waals surface area contributed by atoms with Gasteiger partial charge < -0.3 is 14.4 Å². The first kappa shape index (κ1) is 21.3. The SMILES string of the molecule is COc1ccc(CC2COCCN2C(=O)c2ccccc2-n2nccn2)cc1-c1nccs1. The molecule has 168 valence electrons. The van der Waals surface area contributed by atoms with Gasteiger partial charge in [-0.1, -0.05) is 18.2 Å². The number of rotatable bonds is 6. The summed E-state index contributed by atoms with van der Waals surface area (Å²) >= 11 is 1.57. The third-order valence-corrected chi connectivity index (χ3v) is 6.46. The van der Waals surface area contributed by atoms with Crippen LogP contribution in [0.2, 0.25) is 0 Å². The van der Waals surface area contributed by atoms with Crippen molar-refractivity contribution in [3.05, 3.63) is 77.6 Å². The molecule has 0 radical (unpaired) electrons. The number of hydrogen-bond acceptors (Lipinski definition) is 7. The van der Waals surface area contributed by atoms with Gasteiger partial charge in [-0.3, -0.25) is 4.79 Å². The molecule has 33 heavy (non-hydrogen) atoms. The molecule has 0 spiro atoms. The monoisotopic (exact) mass is 461 g/mol. The molecule has 1 aliphatic rings. The van der Waals surface area contributed by atoms with Gasteiger partial charge in [0.25, 0.3) is 5.91 Å². The normalized spacial score (nSPS) is 16.0. The molecular formula is C24H23N5O3S. The van der Waals surface area contributed by atoms with Crippen molar-refractivity contribution in [2.45, 2.75) is 12.5 Å². The summed E-state index contributed by atoms with van der Waals surface area (Å²) < 4.78 is 11.3. The van der Waals surface area contributed by atoms with Crippen molar-refractivity contribution in [3.8, 4) is 22.0 Å². The van der Waals surface area contributed by atoms with Crippen molar-refractivity contribution in [1.29, 1.82) is 0 Å². The highest BCUT2D eigenvalue weighted by atomic mass is 32.1. The summed E-state index contributed by atoms with van der Waals surface area (Å²) in [7, 11) is 1.66. The van der Waals surface area contributed by atoms with Crippen molar-refractivity contribution in [2.75, 3.05) is 26.9 Å². The third kappa shape index (κ3) is 4.37. The maximum Gasteiger partial charge on any atom is 0.256 e. The van der Waals surface area contributed by atoms with Crippen LogP contribution in [0.3, 0.4) is 0 Å². The molecular weight excluding hydrogens is 438 g/mol. The van der Waals surface area contributed by atoms with Crippen molar-refractivity contribution >= 4 is 17.2 Å². The van der Waals surface area contributed by atoms with Crippen LogP contribution in [0.15, 0.2) is 66.4 Å². The zero-order valence-corrected chi connectivity index (χ0v) is 18.9. The number of carbonyl (C=O) groups excluding carboxylic acids is 1. The fourth-order valence-corrected chi connectivity index (χ4v) is 4.75. The molecule has 1 aliphatic heterocycles. The molecule has 8 nitrogen and oxygen atoms in total. The Kier molecular flexibility index (Phi) is 6.14. The largest absolute Gasteiger partial charge is 0.496 e. The minimum absolute atomic E-state index is 0.0511. The summed E-state index contributed by atoms with van der Waals surface area (Å²) in [4.78, 5) is 21.5. The van der Waals surface area contributed by atoms with E-state index in [2.05, 4.69) is 21.2 Å². The molecule has 2 aromatic carbocycles. The summed E-state index contributed by atoms with van der Waals surface area (Å²) in [6.07, 6.45) is 5.65. The lowest BCUT2D eigenvalue weighted by Gasteiger charge is -2.36. The zero-order chi connectivity index (χ0) is 22.6. The summed E-state index contributed by atoms with van der Waals surface area (Å²) in [5, 5.41) is 11.3. The standard InChI is InChI=1S/C24H23N5O3S/c1-31-22-7-6-17(15-20(22)23-25-10-13-33-23)14-18-16-32-12-11-28(18)24(30)19-4-2-3-5-21(19)29-26-8-9-27-29/h2-10,13,15,18H,11-12,14,16H2,1H3. The Hall–Kier alpha value is -3.56. The number of ether oxygens (including phenoxy) is 2. The summed E-state index contributed by atoms with van der Waals surface area (Å²) in [5.41, 5.74) is 3.28. The molecule has 1 fully saturated rings. The second kappa shape index (κ2) is 9.51. The van der Waals surface area contributed by atoms with Gasteiger partial charge in [0.05, 0.1) is 55.6 Å². The van der Waals surface area contributed by atoms with Gasteiger partial charge >= 0.3 is 0 Å². The van der Waals surface area contributed by atoms with Crippen LogP contribution in [0.5, 0.6) is 5.75 Å². The van der Waals surface area contributed by atoms with Crippen LogP contribution in [-0.2, 0) is 11.2 Å². The zero-order valence-electron chi connectivity index (χ0n) is 18.1. The highest BCUT2D eigenvalue weighted by Crippen LogP contribution is 2.33. The molecule has 4 aromatic rings. The predicted molar refractivity (Wildman–Crippen MR) is 125 cm³/mol. The van der Waals surface area contributed by atoms with E-state index in [-0.39, 0.29) is 11.9 Å². The molecule has 9 heteroatoms. The highest BCUT2D eigenvalue weighted by molar-refractivity contribution is 7.13. The van der Waals surface area contributed by atoms with E-state index in [1.165, 1.54) is 4.80 Å². The summed E-state index contributed by atoms with van der Waals surface area (Å²) in [5.74, 6) is 0.729. The molecule has 1 amide bonds. The lowest BCUT2D eigenvalue weighted by atomic mass is 10.0. The van der Waals surface area contributed by atoms with Gasteiger partial charge in [-0.25, -0.2) is 4.98 Å². The van der Waals surface area contributed by atoms with Crippen LogP contribution in [0.25, 0.3) is 16.3 Å². The van der Waals surface area contributed by atoms with E-state index in [1.54, 1.807) is 37.0 Å². The van der Waals surface area contributed by atoms with Gasteiger partial charge in [0.2, 0.25) is 0 Å². The van der Waals surface area contributed by atoms with Crippen LogP contribution in [0.1, 0.15) is 15.9 Å². The molecule has 0 bridgehead atoms. The van der Waals surface area contributed by atoms with Crippen molar-refractivity contribution in [3.63, 3.8) is 0 Å². The number of carbonyl (C=O) groups is 1. The van der Waals surface area contributed by atoms with Gasteiger partial charge in [0.15, 0.2) is 0 Å². The minimum Gasteiger partial charge on any atom is -0.496 e. The van der Waals surface area contributed by atoms with Crippen LogP contribution in [0, 0.1) is 0 Å². The van der Waals surface area contributed by atoms with Crippen molar-refractivity contribution in [1.82, 2.24) is 24.9 Å². The highest BCUT2D eigenvalue weighted by Gasteiger charge is 2.30. The van der Waals surface area contributed by atoms with E-state index < -0.39 is 0 Å². The Balaban J connectivity index is 1.43. The number of amides is 1. The third-order valence-electron chi connectivity index (χ3n) is 5.66. The van der Waals surface area contributed by atoms with Gasteiger partial charge in [-0.05, 0) is 36.2 Å². The van der Waals surface area contributed by atoms with E-state index >= 15 is 0 Å². The molecule has 0 N–H and O–H groups in total. The molecule has 5 rings (SSSR count). The summed E-state index contributed by atoms with van der Waals surface area (Å²) in [6, 6.07) is 13.4. The second-order valence-corrected chi connectivity index (χ2v) is 8.53. The molecule has 3 heterocycles. The molecule has 0 aliphatic carbocycles. The van der Waals surface area contributed by atoms with Crippen LogP contribution in [0.4, 0.5) is 0 Å². The quantitative estimate of drug-likeness (QED) is 0.437. The van der Waals surface area contributed by atoms with Crippen LogP contribution < -0.4 is 4.74 Å². The first-order chi connectivity index (χ1) is 16.2. The molecule has 1 saturated heterocycles. The average molecular weight is 462 g/mol.